The lowest BCUT2D eigenvalue weighted by molar-refractivity contribution is 0.0916. The lowest BCUT2D eigenvalue weighted by Gasteiger charge is -2.16. The fraction of sp³-hybridized carbons (Fsp3) is 0.611. The number of benzene rings is 1. The molecule has 3 rings (SSSR count). The number of aliphatic hydroxyl groups is 1. The summed E-state index contributed by atoms with van der Waals surface area (Å²) in [4.78, 5) is 12.2. The van der Waals surface area contributed by atoms with Crippen LogP contribution in [0.1, 0.15) is 55.3 Å². The van der Waals surface area contributed by atoms with E-state index in [1.807, 2.05) is 24.3 Å². The monoisotopic (exact) mass is 303 g/mol. The number of aliphatic hydroxyl groups excluding tert-OH is 1. The highest BCUT2D eigenvalue weighted by Crippen LogP contribution is 2.26. The van der Waals surface area contributed by atoms with E-state index in [0.717, 1.165) is 37.9 Å². The second-order valence-corrected chi connectivity index (χ2v) is 6.52. The summed E-state index contributed by atoms with van der Waals surface area (Å²) in [6.45, 7) is 0.549. The standard InChI is InChI=1S/C18H25NO3/c20-17-10-4-6-14(17)12-19-18(21)13-5-3-9-16(11-13)22-15-7-1-2-8-15/h3,5,9,11,14-15,17,20H,1-2,4,6-8,10,12H2,(H,19,21). The SMILES string of the molecule is O=C(NCC1CCCC1O)c1cccc(OC2CCCC2)c1. The van der Waals surface area contributed by atoms with Crippen molar-refractivity contribution in [2.45, 2.75) is 57.2 Å². The third-order valence-corrected chi connectivity index (χ3v) is 4.84. The van der Waals surface area contributed by atoms with Gasteiger partial charge in [0.25, 0.3) is 5.91 Å². The van der Waals surface area contributed by atoms with Crippen molar-refractivity contribution in [2.75, 3.05) is 6.54 Å². The summed E-state index contributed by atoms with van der Waals surface area (Å²) in [6.07, 6.45) is 7.60. The van der Waals surface area contributed by atoms with E-state index in [2.05, 4.69) is 5.32 Å². The van der Waals surface area contributed by atoms with Crippen LogP contribution in [0.2, 0.25) is 0 Å². The van der Waals surface area contributed by atoms with Gasteiger partial charge in [-0.3, -0.25) is 4.79 Å². The molecule has 22 heavy (non-hydrogen) atoms. The highest BCUT2D eigenvalue weighted by molar-refractivity contribution is 5.94. The molecule has 0 radical (unpaired) electrons. The van der Waals surface area contributed by atoms with E-state index in [1.54, 1.807) is 0 Å². The molecule has 0 saturated heterocycles. The number of ether oxygens (including phenoxy) is 1. The number of hydrogen-bond donors (Lipinski definition) is 2. The molecule has 2 N–H and O–H groups in total. The van der Waals surface area contributed by atoms with Crippen molar-refractivity contribution in [1.29, 1.82) is 0 Å². The Labute approximate surface area is 131 Å². The molecule has 0 aliphatic heterocycles. The minimum Gasteiger partial charge on any atom is -0.490 e. The average Bonchev–Trinajstić information content (AvgIpc) is 3.17. The molecule has 4 nitrogen and oxygen atoms in total. The Morgan fingerprint density at radius 3 is 2.73 bits per heavy atom. The van der Waals surface area contributed by atoms with Crippen molar-refractivity contribution in [2.24, 2.45) is 5.92 Å². The van der Waals surface area contributed by atoms with E-state index in [-0.39, 0.29) is 17.9 Å². The van der Waals surface area contributed by atoms with Crippen LogP contribution < -0.4 is 10.1 Å². The predicted molar refractivity (Wildman–Crippen MR) is 85.0 cm³/mol. The van der Waals surface area contributed by atoms with Gasteiger partial charge in [0.2, 0.25) is 0 Å². The zero-order valence-corrected chi connectivity index (χ0v) is 13.0. The van der Waals surface area contributed by atoms with Gasteiger partial charge in [0.15, 0.2) is 0 Å². The maximum absolute atomic E-state index is 12.2. The minimum atomic E-state index is -0.266. The van der Waals surface area contributed by atoms with Gasteiger partial charge in [-0.2, -0.15) is 0 Å². The summed E-state index contributed by atoms with van der Waals surface area (Å²) < 4.78 is 5.94. The molecule has 1 aromatic rings. The third kappa shape index (κ3) is 3.80. The van der Waals surface area contributed by atoms with Crippen LogP contribution in [0.4, 0.5) is 0 Å². The van der Waals surface area contributed by atoms with Crippen molar-refractivity contribution in [3.63, 3.8) is 0 Å². The van der Waals surface area contributed by atoms with Crippen molar-refractivity contribution in [3.8, 4) is 5.75 Å². The van der Waals surface area contributed by atoms with E-state index in [1.165, 1.54) is 12.8 Å². The van der Waals surface area contributed by atoms with Crippen LogP contribution in [0, 0.1) is 5.92 Å². The van der Waals surface area contributed by atoms with Gasteiger partial charge in [-0.05, 0) is 56.7 Å². The Balaban J connectivity index is 1.55. The Morgan fingerprint density at radius 1 is 1.18 bits per heavy atom. The maximum Gasteiger partial charge on any atom is 0.251 e. The van der Waals surface area contributed by atoms with Gasteiger partial charge in [-0.1, -0.05) is 12.5 Å². The third-order valence-electron chi connectivity index (χ3n) is 4.84. The highest BCUT2D eigenvalue weighted by atomic mass is 16.5. The Morgan fingerprint density at radius 2 is 2.00 bits per heavy atom. The van der Waals surface area contributed by atoms with E-state index in [4.69, 9.17) is 4.74 Å². The van der Waals surface area contributed by atoms with Crippen LogP contribution in [0.3, 0.4) is 0 Å². The smallest absolute Gasteiger partial charge is 0.251 e. The zero-order chi connectivity index (χ0) is 15.4. The fourth-order valence-corrected chi connectivity index (χ4v) is 3.49. The summed E-state index contributed by atoms with van der Waals surface area (Å²) in [6, 6.07) is 7.40. The normalized spacial score (nSPS) is 25.3. The lowest BCUT2D eigenvalue weighted by Crippen LogP contribution is -2.32. The van der Waals surface area contributed by atoms with Gasteiger partial charge in [-0.15, -0.1) is 0 Å². The number of carbonyl (C=O) groups excluding carboxylic acids is 1. The molecule has 2 aliphatic rings. The first kappa shape index (κ1) is 15.3. The van der Waals surface area contributed by atoms with Crippen LogP contribution in [0.5, 0.6) is 5.75 Å². The van der Waals surface area contributed by atoms with Crippen LogP contribution in [-0.2, 0) is 0 Å². The lowest BCUT2D eigenvalue weighted by atomic mass is 10.1. The number of amides is 1. The average molecular weight is 303 g/mol. The molecule has 2 aliphatic carbocycles. The van der Waals surface area contributed by atoms with Gasteiger partial charge in [0.1, 0.15) is 5.75 Å². The second-order valence-electron chi connectivity index (χ2n) is 6.52. The summed E-state index contributed by atoms with van der Waals surface area (Å²) >= 11 is 0. The first-order valence-electron chi connectivity index (χ1n) is 8.45. The van der Waals surface area contributed by atoms with Gasteiger partial charge in [0.05, 0.1) is 12.2 Å². The molecule has 0 heterocycles. The van der Waals surface area contributed by atoms with E-state index < -0.39 is 0 Å². The van der Waals surface area contributed by atoms with Crippen molar-refractivity contribution < 1.29 is 14.6 Å². The molecule has 120 valence electrons. The summed E-state index contributed by atoms with van der Waals surface area (Å²) in [7, 11) is 0. The molecule has 0 bridgehead atoms. The second kappa shape index (κ2) is 7.14. The first-order chi connectivity index (χ1) is 10.7. The summed E-state index contributed by atoms with van der Waals surface area (Å²) in [5.74, 6) is 0.887. The molecule has 1 amide bonds. The van der Waals surface area contributed by atoms with Crippen molar-refractivity contribution >= 4 is 5.91 Å². The number of rotatable bonds is 5. The van der Waals surface area contributed by atoms with Crippen molar-refractivity contribution in [3.05, 3.63) is 29.8 Å². The Kier molecular flexibility index (Phi) is 4.98. The zero-order valence-electron chi connectivity index (χ0n) is 13.0. The van der Waals surface area contributed by atoms with Gasteiger partial charge < -0.3 is 15.2 Å². The number of nitrogens with one attached hydrogen (secondary N) is 1. The number of carbonyl (C=O) groups is 1. The van der Waals surface area contributed by atoms with E-state index in [0.29, 0.717) is 18.2 Å². The molecule has 1 aromatic carbocycles. The molecular weight excluding hydrogens is 278 g/mol. The molecule has 2 unspecified atom stereocenters. The van der Waals surface area contributed by atoms with Crippen molar-refractivity contribution in [1.82, 2.24) is 5.32 Å². The largest absolute Gasteiger partial charge is 0.490 e. The molecule has 2 fully saturated rings. The summed E-state index contributed by atoms with van der Waals surface area (Å²) in [5.41, 5.74) is 0.628. The molecule has 0 aromatic heterocycles. The minimum absolute atomic E-state index is 0.0871. The van der Waals surface area contributed by atoms with E-state index >= 15 is 0 Å². The molecule has 0 spiro atoms. The first-order valence-corrected chi connectivity index (χ1v) is 8.45. The predicted octanol–water partition coefficient (Wildman–Crippen LogP) is 2.90. The van der Waals surface area contributed by atoms with Crippen LogP contribution in [-0.4, -0.2) is 29.8 Å². The molecule has 2 atom stereocenters. The van der Waals surface area contributed by atoms with Gasteiger partial charge in [0, 0.05) is 18.0 Å². The van der Waals surface area contributed by atoms with E-state index in [9.17, 15) is 9.90 Å². The topological polar surface area (TPSA) is 58.6 Å². The van der Waals surface area contributed by atoms with Crippen LogP contribution >= 0.6 is 0 Å². The van der Waals surface area contributed by atoms with Crippen LogP contribution in [0.15, 0.2) is 24.3 Å². The van der Waals surface area contributed by atoms with Crippen LogP contribution in [0.25, 0.3) is 0 Å². The Bertz CT molecular complexity index is 511. The highest BCUT2D eigenvalue weighted by Gasteiger charge is 2.25. The van der Waals surface area contributed by atoms with Gasteiger partial charge >= 0.3 is 0 Å². The Hall–Kier alpha value is -1.55. The maximum atomic E-state index is 12.2. The molecular formula is C18H25NO3. The van der Waals surface area contributed by atoms with Gasteiger partial charge in [-0.25, -0.2) is 0 Å². The fourth-order valence-electron chi connectivity index (χ4n) is 3.49. The summed E-state index contributed by atoms with van der Waals surface area (Å²) in [5, 5.41) is 12.7. The molecule has 2 saturated carbocycles. The quantitative estimate of drug-likeness (QED) is 0.879. The molecule has 4 heteroatoms. The number of hydrogen-bond acceptors (Lipinski definition) is 3.